The van der Waals surface area contributed by atoms with Gasteiger partial charge < -0.3 is 23.7 Å². The fourth-order valence-electron chi connectivity index (χ4n) is 4.33. The lowest BCUT2D eigenvalue weighted by Crippen LogP contribution is -2.46. The number of aryl methyl sites for hydroxylation is 1. The maximum absolute atomic E-state index is 5.73. The van der Waals surface area contributed by atoms with Crippen molar-refractivity contribution in [3.63, 3.8) is 0 Å². The van der Waals surface area contributed by atoms with E-state index in [2.05, 4.69) is 37.5 Å². The molecule has 0 N–H and O–H groups in total. The van der Waals surface area contributed by atoms with Gasteiger partial charge in [0, 0.05) is 44.5 Å². The summed E-state index contributed by atoms with van der Waals surface area (Å²) < 4.78 is 19.0. The highest BCUT2D eigenvalue weighted by Gasteiger charge is 2.19. The Balaban J connectivity index is 1.13. The van der Waals surface area contributed by atoms with E-state index in [1.165, 1.54) is 5.69 Å². The van der Waals surface area contributed by atoms with Gasteiger partial charge in [-0.05, 0) is 37.2 Å². The lowest BCUT2D eigenvalue weighted by molar-refractivity contribution is 0.171. The first-order valence-electron chi connectivity index (χ1n) is 10.7. The number of methoxy groups -OCH3 is 1. The first-order chi connectivity index (χ1) is 14.8. The molecule has 0 saturated carbocycles. The maximum Gasteiger partial charge on any atom is 0.163 e. The van der Waals surface area contributed by atoms with Crippen LogP contribution < -0.4 is 19.1 Å². The van der Waals surface area contributed by atoms with Crippen LogP contribution in [-0.2, 0) is 6.54 Å². The van der Waals surface area contributed by atoms with Crippen molar-refractivity contribution in [1.29, 1.82) is 0 Å². The highest BCUT2D eigenvalue weighted by Crippen LogP contribution is 2.34. The summed E-state index contributed by atoms with van der Waals surface area (Å²) in [5, 5.41) is 0. The van der Waals surface area contributed by atoms with Gasteiger partial charge >= 0.3 is 0 Å². The van der Waals surface area contributed by atoms with Gasteiger partial charge in [0.2, 0.25) is 0 Å². The van der Waals surface area contributed by atoms with Gasteiger partial charge in [0.05, 0.1) is 19.0 Å². The third kappa shape index (κ3) is 3.77. The van der Waals surface area contributed by atoms with Crippen LogP contribution in [-0.4, -0.2) is 67.5 Å². The normalized spacial score (nSPS) is 16.8. The second-order valence-corrected chi connectivity index (χ2v) is 7.78. The summed E-state index contributed by atoms with van der Waals surface area (Å²) in [6, 6.07) is 12.4. The molecule has 158 valence electrons. The topological polar surface area (TPSA) is 52.0 Å². The number of piperazine rings is 1. The van der Waals surface area contributed by atoms with Gasteiger partial charge in [-0.3, -0.25) is 4.90 Å². The Kier molecular flexibility index (Phi) is 5.36. The van der Waals surface area contributed by atoms with Gasteiger partial charge in [-0.15, -0.1) is 0 Å². The molecule has 0 amide bonds. The zero-order chi connectivity index (χ0) is 20.3. The molecule has 7 nitrogen and oxygen atoms in total. The predicted molar refractivity (Wildman–Crippen MR) is 117 cm³/mol. The average molecular weight is 409 g/mol. The quantitative estimate of drug-likeness (QED) is 0.625. The standard InChI is InChI=1S/C23H28N4O3/c1-28-21-5-2-4-19-23(21)24-17-27(19)9-3-8-25-10-12-26(13-11-25)18-6-7-20-22(16-18)30-15-14-29-20/h2,4-7,16-17H,3,8-15H2,1H3. The second kappa shape index (κ2) is 8.44. The minimum Gasteiger partial charge on any atom is -0.494 e. The highest BCUT2D eigenvalue weighted by atomic mass is 16.6. The number of rotatable bonds is 6. The summed E-state index contributed by atoms with van der Waals surface area (Å²) in [5.74, 6) is 2.56. The van der Waals surface area contributed by atoms with Crippen LogP contribution in [0.2, 0.25) is 0 Å². The SMILES string of the molecule is COc1cccc2c1ncn2CCCN1CCN(c2ccc3c(c2)OCCO3)CC1. The van der Waals surface area contributed by atoms with Crippen LogP contribution >= 0.6 is 0 Å². The lowest BCUT2D eigenvalue weighted by atomic mass is 10.2. The first-order valence-corrected chi connectivity index (χ1v) is 10.7. The summed E-state index contributed by atoms with van der Waals surface area (Å²) >= 11 is 0. The Morgan fingerprint density at radius 2 is 1.80 bits per heavy atom. The Morgan fingerprint density at radius 3 is 2.63 bits per heavy atom. The molecule has 3 heterocycles. The third-order valence-corrected chi connectivity index (χ3v) is 5.97. The van der Waals surface area contributed by atoms with Crippen molar-refractivity contribution in [3.05, 3.63) is 42.7 Å². The monoisotopic (exact) mass is 408 g/mol. The number of aromatic nitrogens is 2. The van der Waals surface area contributed by atoms with Gasteiger partial charge in [-0.25, -0.2) is 4.98 Å². The summed E-state index contributed by atoms with van der Waals surface area (Å²) in [6.45, 7) is 7.54. The molecule has 1 fully saturated rings. The van der Waals surface area contributed by atoms with Crippen LogP contribution in [0.25, 0.3) is 11.0 Å². The molecule has 0 radical (unpaired) electrons. The van der Waals surface area contributed by atoms with E-state index in [9.17, 15) is 0 Å². The van der Waals surface area contributed by atoms with Gasteiger partial charge in [0.15, 0.2) is 11.5 Å². The number of imidazole rings is 1. The number of ether oxygens (including phenoxy) is 3. The van der Waals surface area contributed by atoms with Crippen molar-refractivity contribution in [2.75, 3.05) is 57.9 Å². The van der Waals surface area contributed by atoms with E-state index in [1.54, 1.807) is 7.11 Å². The number of nitrogens with zero attached hydrogens (tertiary/aromatic N) is 4. The molecule has 30 heavy (non-hydrogen) atoms. The van der Waals surface area contributed by atoms with Crippen molar-refractivity contribution in [2.24, 2.45) is 0 Å². The summed E-state index contributed by atoms with van der Waals surface area (Å²) in [4.78, 5) is 9.51. The molecular weight excluding hydrogens is 380 g/mol. The molecular formula is C23H28N4O3. The third-order valence-electron chi connectivity index (χ3n) is 5.97. The lowest BCUT2D eigenvalue weighted by Gasteiger charge is -2.36. The molecule has 0 aliphatic carbocycles. The van der Waals surface area contributed by atoms with Crippen LogP contribution in [0, 0.1) is 0 Å². The smallest absolute Gasteiger partial charge is 0.163 e. The fourth-order valence-corrected chi connectivity index (χ4v) is 4.33. The molecule has 0 atom stereocenters. The van der Waals surface area contributed by atoms with Crippen LogP contribution in [0.1, 0.15) is 6.42 Å². The minimum absolute atomic E-state index is 0.628. The molecule has 2 aliphatic heterocycles. The van der Waals surface area contributed by atoms with Crippen molar-refractivity contribution in [2.45, 2.75) is 13.0 Å². The predicted octanol–water partition coefficient (Wildman–Crippen LogP) is 3.03. The summed E-state index contributed by atoms with van der Waals surface area (Å²) in [5.41, 5.74) is 3.29. The van der Waals surface area contributed by atoms with E-state index in [0.29, 0.717) is 13.2 Å². The molecule has 7 heteroatoms. The second-order valence-electron chi connectivity index (χ2n) is 7.78. The Morgan fingerprint density at radius 1 is 0.967 bits per heavy atom. The van der Waals surface area contributed by atoms with Crippen molar-refractivity contribution in [3.8, 4) is 17.2 Å². The number of anilines is 1. The summed E-state index contributed by atoms with van der Waals surface area (Å²) in [7, 11) is 1.69. The van der Waals surface area contributed by atoms with Crippen LogP contribution in [0.15, 0.2) is 42.7 Å². The number of hydrogen-bond donors (Lipinski definition) is 0. The Hall–Kier alpha value is -2.93. The van der Waals surface area contributed by atoms with E-state index in [-0.39, 0.29) is 0 Å². The van der Waals surface area contributed by atoms with Gasteiger partial charge in [0.1, 0.15) is 24.5 Å². The maximum atomic E-state index is 5.73. The molecule has 2 aromatic carbocycles. The number of benzene rings is 2. The van der Waals surface area contributed by atoms with Gasteiger partial charge in [-0.1, -0.05) is 6.07 Å². The molecule has 1 aromatic heterocycles. The molecule has 3 aromatic rings. The van der Waals surface area contributed by atoms with Crippen molar-refractivity contribution >= 4 is 16.7 Å². The van der Waals surface area contributed by atoms with Crippen LogP contribution in [0.3, 0.4) is 0 Å². The molecule has 1 saturated heterocycles. The van der Waals surface area contributed by atoms with Gasteiger partial charge in [0.25, 0.3) is 0 Å². The van der Waals surface area contributed by atoms with E-state index in [0.717, 1.165) is 74.0 Å². The Labute approximate surface area is 176 Å². The largest absolute Gasteiger partial charge is 0.494 e. The van der Waals surface area contributed by atoms with Crippen molar-refractivity contribution in [1.82, 2.24) is 14.5 Å². The van der Waals surface area contributed by atoms with Gasteiger partial charge in [-0.2, -0.15) is 0 Å². The average Bonchev–Trinajstić information content (AvgIpc) is 3.22. The zero-order valence-electron chi connectivity index (χ0n) is 17.4. The van der Waals surface area contributed by atoms with E-state index >= 15 is 0 Å². The number of hydrogen-bond acceptors (Lipinski definition) is 6. The number of fused-ring (bicyclic) bond motifs is 2. The molecule has 2 aliphatic rings. The van der Waals surface area contributed by atoms with E-state index in [1.807, 2.05) is 24.5 Å². The zero-order valence-corrected chi connectivity index (χ0v) is 17.4. The molecule has 5 rings (SSSR count). The highest BCUT2D eigenvalue weighted by molar-refractivity contribution is 5.81. The van der Waals surface area contributed by atoms with Crippen molar-refractivity contribution < 1.29 is 14.2 Å². The molecule has 0 spiro atoms. The van der Waals surface area contributed by atoms with Crippen LogP contribution in [0.5, 0.6) is 17.2 Å². The minimum atomic E-state index is 0.628. The molecule has 0 bridgehead atoms. The van der Waals surface area contributed by atoms with E-state index < -0.39 is 0 Å². The summed E-state index contributed by atoms with van der Waals surface area (Å²) in [6.07, 6.45) is 3.03. The fraction of sp³-hybridized carbons (Fsp3) is 0.435. The Bertz CT molecular complexity index is 1010. The molecule has 0 unspecified atom stereocenters. The number of para-hydroxylation sites is 1. The first kappa shape index (κ1) is 19.1. The van der Waals surface area contributed by atoms with Crippen LogP contribution in [0.4, 0.5) is 5.69 Å². The van der Waals surface area contributed by atoms with E-state index in [4.69, 9.17) is 14.2 Å².